The van der Waals surface area contributed by atoms with Crippen LogP contribution in [-0.4, -0.2) is 12.0 Å². The lowest BCUT2D eigenvalue weighted by Crippen LogP contribution is -1.91. The van der Waals surface area contributed by atoms with Gasteiger partial charge in [0.15, 0.2) is 0 Å². The highest BCUT2D eigenvalue weighted by Crippen LogP contribution is 2.30. The summed E-state index contributed by atoms with van der Waals surface area (Å²) in [6.07, 6.45) is 1.74. The maximum atomic E-state index is 6.07. The number of aromatic nitrogens is 1. The number of halogens is 2. The Kier molecular flexibility index (Phi) is 2.61. The molecule has 2 rings (SSSR count). The van der Waals surface area contributed by atoms with Crippen molar-refractivity contribution >= 4 is 44.1 Å². The van der Waals surface area contributed by atoms with Crippen LogP contribution in [0, 0.1) is 0 Å². The summed E-state index contributed by atoms with van der Waals surface area (Å²) in [5.74, 6) is 0. The second kappa shape index (κ2) is 3.75. The summed E-state index contributed by atoms with van der Waals surface area (Å²) in [7, 11) is 1.88. The zero-order valence-electron chi connectivity index (χ0n) is 7.51. The molecule has 1 heterocycles. The molecule has 0 unspecified atom stereocenters. The predicted molar refractivity (Wildman–Crippen MR) is 64.0 cm³/mol. The van der Waals surface area contributed by atoms with E-state index in [2.05, 4.69) is 26.2 Å². The van der Waals surface area contributed by atoms with Crippen LogP contribution in [-0.2, 0) is 0 Å². The molecule has 2 nitrogen and oxygen atoms in total. The smallest absolute Gasteiger partial charge is 0.0909 e. The lowest BCUT2D eigenvalue weighted by molar-refractivity contribution is 1.39. The molecule has 2 aromatic rings. The van der Waals surface area contributed by atoms with Crippen LogP contribution in [0.3, 0.4) is 0 Å². The van der Waals surface area contributed by atoms with Crippen molar-refractivity contribution in [2.75, 3.05) is 12.4 Å². The van der Waals surface area contributed by atoms with Crippen LogP contribution in [0.1, 0.15) is 0 Å². The van der Waals surface area contributed by atoms with Gasteiger partial charge in [0.25, 0.3) is 0 Å². The van der Waals surface area contributed by atoms with E-state index >= 15 is 0 Å². The van der Waals surface area contributed by atoms with Gasteiger partial charge in [-0.25, -0.2) is 0 Å². The van der Waals surface area contributed by atoms with Crippen molar-refractivity contribution in [3.63, 3.8) is 0 Å². The van der Waals surface area contributed by atoms with Crippen LogP contribution in [0.25, 0.3) is 10.9 Å². The molecule has 4 heteroatoms. The van der Waals surface area contributed by atoms with Gasteiger partial charge in [-0.05, 0) is 18.2 Å². The minimum Gasteiger partial charge on any atom is -0.388 e. The lowest BCUT2D eigenvalue weighted by Gasteiger charge is -2.06. The van der Waals surface area contributed by atoms with E-state index in [4.69, 9.17) is 11.6 Å². The Morgan fingerprint density at radius 3 is 2.93 bits per heavy atom. The van der Waals surface area contributed by atoms with E-state index in [0.29, 0.717) is 5.02 Å². The number of nitrogens with one attached hydrogen (secondary N) is 1. The molecule has 0 spiro atoms. The first-order valence-electron chi connectivity index (χ1n) is 4.14. The number of anilines is 1. The van der Waals surface area contributed by atoms with Crippen molar-refractivity contribution in [3.05, 3.63) is 33.9 Å². The van der Waals surface area contributed by atoms with Crippen LogP contribution in [0.5, 0.6) is 0 Å². The maximum Gasteiger partial charge on any atom is 0.0909 e. The van der Waals surface area contributed by atoms with Crippen LogP contribution < -0.4 is 5.32 Å². The first kappa shape index (κ1) is 9.74. The van der Waals surface area contributed by atoms with E-state index in [1.54, 1.807) is 6.20 Å². The lowest BCUT2D eigenvalue weighted by atomic mass is 10.2. The van der Waals surface area contributed by atoms with Crippen LogP contribution in [0.2, 0.25) is 5.02 Å². The van der Waals surface area contributed by atoms with Gasteiger partial charge in [0.1, 0.15) is 0 Å². The standard InChI is InChI=1S/C10H8BrClN2/c1-13-9-2-3-14-10-7(9)4-6(11)5-8(10)12/h2-5H,1H3,(H,13,14). The van der Waals surface area contributed by atoms with E-state index in [1.165, 1.54) is 0 Å². The summed E-state index contributed by atoms with van der Waals surface area (Å²) in [6.45, 7) is 0. The molecule has 1 aromatic heterocycles. The molecule has 0 radical (unpaired) electrons. The molecule has 1 aromatic carbocycles. The minimum absolute atomic E-state index is 0.659. The molecule has 0 atom stereocenters. The van der Waals surface area contributed by atoms with Crippen molar-refractivity contribution in [2.45, 2.75) is 0 Å². The molecular weight excluding hydrogens is 263 g/mol. The first-order chi connectivity index (χ1) is 6.72. The topological polar surface area (TPSA) is 24.9 Å². The van der Waals surface area contributed by atoms with E-state index in [0.717, 1.165) is 21.1 Å². The fourth-order valence-corrected chi connectivity index (χ4v) is 2.25. The fourth-order valence-electron chi connectivity index (χ4n) is 1.40. The summed E-state index contributed by atoms with van der Waals surface area (Å²) in [5.41, 5.74) is 1.85. The summed E-state index contributed by atoms with van der Waals surface area (Å²) < 4.78 is 0.958. The van der Waals surface area contributed by atoms with Gasteiger partial charge in [0, 0.05) is 28.8 Å². The van der Waals surface area contributed by atoms with Gasteiger partial charge in [-0.15, -0.1) is 0 Å². The third-order valence-corrected chi connectivity index (χ3v) is 2.78. The Bertz CT molecular complexity index is 485. The minimum atomic E-state index is 0.659. The number of nitrogens with zero attached hydrogens (tertiary/aromatic N) is 1. The van der Waals surface area contributed by atoms with Crippen LogP contribution >= 0.6 is 27.5 Å². The Balaban J connectivity index is 2.86. The second-order valence-electron chi connectivity index (χ2n) is 2.89. The van der Waals surface area contributed by atoms with Gasteiger partial charge in [-0.1, -0.05) is 27.5 Å². The van der Waals surface area contributed by atoms with E-state index < -0.39 is 0 Å². The molecule has 0 bridgehead atoms. The maximum absolute atomic E-state index is 6.07. The molecule has 14 heavy (non-hydrogen) atoms. The van der Waals surface area contributed by atoms with Gasteiger partial charge in [0.2, 0.25) is 0 Å². The van der Waals surface area contributed by atoms with Crippen molar-refractivity contribution in [1.29, 1.82) is 0 Å². The van der Waals surface area contributed by atoms with Crippen molar-refractivity contribution in [3.8, 4) is 0 Å². The zero-order valence-corrected chi connectivity index (χ0v) is 9.85. The molecule has 0 saturated carbocycles. The number of hydrogen-bond donors (Lipinski definition) is 1. The van der Waals surface area contributed by atoms with E-state index in [-0.39, 0.29) is 0 Å². The number of hydrogen-bond acceptors (Lipinski definition) is 2. The van der Waals surface area contributed by atoms with Crippen molar-refractivity contribution in [2.24, 2.45) is 0 Å². The first-order valence-corrected chi connectivity index (χ1v) is 5.31. The highest BCUT2D eigenvalue weighted by Gasteiger charge is 2.05. The summed E-state index contributed by atoms with van der Waals surface area (Å²) in [5, 5.41) is 4.79. The quantitative estimate of drug-likeness (QED) is 0.855. The summed E-state index contributed by atoms with van der Waals surface area (Å²) in [6, 6.07) is 5.77. The summed E-state index contributed by atoms with van der Waals surface area (Å²) >= 11 is 9.48. The van der Waals surface area contributed by atoms with Crippen LogP contribution in [0.4, 0.5) is 5.69 Å². The summed E-state index contributed by atoms with van der Waals surface area (Å²) in [4.78, 5) is 4.24. The molecule has 1 N–H and O–H groups in total. The Labute approximate surface area is 95.4 Å². The molecular formula is C10H8BrClN2. The molecule has 0 aliphatic carbocycles. The monoisotopic (exact) mass is 270 g/mol. The Morgan fingerprint density at radius 1 is 1.43 bits per heavy atom. The molecule has 0 aliphatic heterocycles. The van der Waals surface area contributed by atoms with Gasteiger partial charge in [0.05, 0.1) is 10.5 Å². The molecule has 0 amide bonds. The predicted octanol–water partition coefficient (Wildman–Crippen LogP) is 3.69. The average molecular weight is 272 g/mol. The fraction of sp³-hybridized carbons (Fsp3) is 0.100. The number of pyridine rings is 1. The molecule has 72 valence electrons. The highest BCUT2D eigenvalue weighted by molar-refractivity contribution is 9.10. The Hall–Kier alpha value is -0.800. The van der Waals surface area contributed by atoms with Gasteiger partial charge >= 0.3 is 0 Å². The average Bonchev–Trinajstić information content (AvgIpc) is 2.17. The second-order valence-corrected chi connectivity index (χ2v) is 4.22. The van der Waals surface area contributed by atoms with Gasteiger partial charge < -0.3 is 5.32 Å². The van der Waals surface area contributed by atoms with Crippen molar-refractivity contribution < 1.29 is 0 Å². The normalized spacial score (nSPS) is 10.5. The van der Waals surface area contributed by atoms with E-state index in [1.807, 2.05) is 25.2 Å². The number of fused-ring (bicyclic) bond motifs is 1. The molecule has 0 fully saturated rings. The molecule has 0 aliphatic rings. The third-order valence-electron chi connectivity index (χ3n) is 2.03. The third kappa shape index (κ3) is 1.57. The SMILES string of the molecule is CNc1ccnc2c(Cl)cc(Br)cc12. The number of benzene rings is 1. The zero-order chi connectivity index (χ0) is 10.1. The van der Waals surface area contributed by atoms with Gasteiger partial charge in [-0.2, -0.15) is 0 Å². The molecule has 0 saturated heterocycles. The van der Waals surface area contributed by atoms with Crippen molar-refractivity contribution in [1.82, 2.24) is 4.98 Å². The Morgan fingerprint density at radius 2 is 2.21 bits per heavy atom. The largest absolute Gasteiger partial charge is 0.388 e. The number of rotatable bonds is 1. The highest BCUT2D eigenvalue weighted by atomic mass is 79.9. The van der Waals surface area contributed by atoms with E-state index in [9.17, 15) is 0 Å². The van der Waals surface area contributed by atoms with Gasteiger partial charge in [-0.3, -0.25) is 4.98 Å². The van der Waals surface area contributed by atoms with Crippen LogP contribution in [0.15, 0.2) is 28.9 Å².